The topological polar surface area (TPSA) is 111 Å². The van der Waals surface area contributed by atoms with Gasteiger partial charge in [0, 0.05) is 11.4 Å². The molecule has 1 aromatic carbocycles. The molecule has 3 heterocycles. The summed E-state index contributed by atoms with van der Waals surface area (Å²) in [6.45, 7) is 9.26. The van der Waals surface area contributed by atoms with Crippen molar-refractivity contribution in [2.45, 2.75) is 51.1 Å². The molecule has 0 N–H and O–H groups in total. The maximum atomic E-state index is 13.8. The van der Waals surface area contributed by atoms with Crippen molar-refractivity contribution in [1.82, 2.24) is 9.97 Å². The van der Waals surface area contributed by atoms with Crippen LogP contribution < -0.4 is 4.90 Å². The van der Waals surface area contributed by atoms with Crippen LogP contribution in [-0.2, 0) is 16.0 Å². The Hall–Kier alpha value is -3.92. The normalized spacial score (nSPS) is 13.2. The number of nitriles is 2. The molecule has 0 bridgehead atoms. The van der Waals surface area contributed by atoms with Gasteiger partial charge in [-0.1, -0.05) is 42.6 Å². The minimum absolute atomic E-state index is 0.147. The van der Waals surface area contributed by atoms with Crippen molar-refractivity contribution < 1.29 is 9.59 Å². The van der Waals surface area contributed by atoms with E-state index in [0.717, 1.165) is 51.5 Å². The first kappa shape index (κ1) is 26.2. The molecular formula is C28H23N5O2S2. The Labute approximate surface area is 224 Å². The SMILES string of the molecule is CCc1ccc(N2C(=O)C(Sc3nc(C)cc(C)c3C#N)=C(Sc3nc(C)cc(C)c3C#N)C2=O)cc1. The molecule has 0 radical (unpaired) electrons. The Balaban J connectivity index is 1.87. The maximum absolute atomic E-state index is 13.8. The van der Waals surface area contributed by atoms with E-state index >= 15 is 0 Å². The highest BCUT2D eigenvalue weighted by Gasteiger charge is 2.41. The number of nitrogens with zero attached hydrogens (tertiary/aromatic N) is 5. The third-order valence-electron chi connectivity index (χ3n) is 5.85. The number of imide groups is 1. The molecule has 9 heteroatoms. The second-order valence-corrected chi connectivity index (χ2v) is 10.6. The van der Waals surface area contributed by atoms with Crippen molar-refractivity contribution in [3.63, 3.8) is 0 Å². The van der Waals surface area contributed by atoms with E-state index in [0.29, 0.717) is 38.3 Å². The van der Waals surface area contributed by atoms with E-state index < -0.39 is 11.8 Å². The molecule has 0 atom stereocenters. The van der Waals surface area contributed by atoms with E-state index in [1.54, 1.807) is 24.3 Å². The second kappa shape index (κ2) is 10.6. The molecule has 1 aliphatic heterocycles. The van der Waals surface area contributed by atoms with Crippen molar-refractivity contribution in [3.8, 4) is 12.1 Å². The minimum atomic E-state index is -0.505. The fraction of sp³-hybridized carbons (Fsp3) is 0.214. The van der Waals surface area contributed by atoms with Crippen LogP contribution in [0.1, 0.15) is 46.1 Å². The number of amides is 2. The minimum Gasteiger partial charge on any atom is -0.268 e. The zero-order valence-corrected chi connectivity index (χ0v) is 22.7. The molecule has 0 saturated heterocycles. The molecule has 1 aliphatic rings. The van der Waals surface area contributed by atoms with Gasteiger partial charge in [-0.3, -0.25) is 9.59 Å². The van der Waals surface area contributed by atoms with Gasteiger partial charge < -0.3 is 0 Å². The molecule has 2 aromatic heterocycles. The number of anilines is 1. The van der Waals surface area contributed by atoms with Gasteiger partial charge in [0.05, 0.1) is 26.6 Å². The summed E-state index contributed by atoms with van der Waals surface area (Å²) in [4.78, 5) is 37.9. The Morgan fingerprint density at radius 1 is 0.784 bits per heavy atom. The summed E-state index contributed by atoms with van der Waals surface area (Å²) < 4.78 is 0. The zero-order chi connectivity index (χ0) is 26.9. The third-order valence-corrected chi connectivity index (χ3v) is 8.12. The fourth-order valence-corrected chi connectivity index (χ4v) is 6.35. The number of rotatable bonds is 6. The number of hydrogen-bond acceptors (Lipinski definition) is 8. The Kier molecular flexibility index (Phi) is 7.49. The predicted molar refractivity (Wildman–Crippen MR) is 144 cm³/mol. The van der Waals surface area contributed by atoms with E-state index in [1.165, 1.54) is 0 Å². The summed E-state index contributed by atoms with van der Waals surface area (Å²) in [7, 11) is 0. The van der Waals surface area contributed by atoms with Gasteiger partial charge in [-0.15, -0.1) is 0 Å². The molecule has 0 unspecified atom stereocenters. The van der Waals surface area contributed by atoms with Crippen LogP contribution in [0.15, 0.2) is 56.3 Å². The number of aryl methyl sites for hydroxylation is 5. The quantitative estimate of drug-likeness (QED) is 0.378. The largest absolute Gasteiger partial charge is 0.273 e. The van der Waals surface area contributed by atoms with Crippen LogP contribution in [0.4, 0.5) is 5.69 Å². The molecule has 3 aromatic rings. The van der Waals surface area contributed by atoms with Crippen LogP contribution in [0.5, 0.6) is 0 Å². The van der Waals surface area contributed by atoms with Crippen LogP contribution >= 0.6 is 23.5 Å². The van der Waals surface area contributed by atoms with Crippen molar-refractivity contribution in [1.29, 1.82) is 10.5 Å². The number of aromatic nitrogens is 2. The van der Waals surface area contributed by atoms with Crippen molar-refractivity contribution in [2.24, 2.45) is 0 Å². The molecule has 4 rings (SSSR count). The average Bonchev–Trinajstić information content (AvgIpc) is 3.07. The highest BCUT2D eigenvalue weighted by Crippen LogP contribution is 2.45. The summed E-state index contributed by atoms with van der Waals surface area (Å²) in [5.74, 6) is -1.01. The number of benzene rings is 1. The Morgan fingerprint density at radius 3 is 1.59 bits per heavy atom. The van der Waals surface area contributed by atoms with Crippen molar-refractivity contribution in [2.75, 3.05) is 4.90 Å². The monoisotopic (exact) mass is 525 g/mol. The number of carbonyl (C=O) groups excluding carboxylic acids is 2. The molecule has 37 heavy (non-hydrogen) atoms. The number of carbonyl (C=O) groups is 2. The summed E-state index contributed by atoms with van der Waals surface area (Å²) >= 11 is 2.00. The number of thioether (sulfide) groups is 2. The standard InChI is InChI=1S/C28H23N5O2S2/c1-6-19-7-9-20(10-8-19)33-27(34)23(36-25-21(13-29)15(2)11-17(4)31-25)24(28(33)35)37-26-22(14-30)16(3)12-18(5)32-26/h7-12H,6H2,1-5H3. The number of pyridine rings is 2. The lowest BCUT2D eigenvalue weighted by atomic mass is 10.1. The average molecular weight is 526 g/mol. The highest BCUT2D eigenvalue weighted by atomic mass is 32.2. The number of hydrogen-bond donors (Lipinski definition) is 0. The van der Waals surface area contributed by atoms with Gasteiger partial charge in [0.2, 0.25) is 0 Å². The van der Waals surface area contributed by atoms with Gasteiger partial charge in [-0.05, 0) is 75.1 Å². The molecule has 0 fully saturated rings. The van der Waals surface area contributed by atoms with Gasteiger partial charge in [0.15, 0.2) is 0 Å². The fourth-order valence-electron chi connectivity index (χ4n) is 4.00. The van der Waals surface area contributed by atoms with Crippen LogP contribution in [0.25, 0.3) is 0 Å². The lowest BCUT2D eigenvalue weighted by Crippen LogP contribution is -2.31. The van der Waals surface area contributed by atoms with E-state index in [1.807, 2.05) is 46.8 Å². The third kappa shape index (κ3) is 5.01. The molecule has 0 aliphatic carbocycles. The Bertz CT molecular complexity index is 1470. The van der Waals surface area contributed by atoms with E-state index in [4.69, 9.17) is 0 Å². The van der Waals surface area contributed by atoms with Crippen molar-refractivity contribution >= 4 is 41.0 Å². The summed E-state index contributed by atoms with van der Waals surface area (Å²) in [6, 6.07) is 15.2. The first-order valence-electron chi connectivity index (χ1n) is 11.5. The molecular weight excluding hydrogens is 502 g/mol. The van der Waals surface area contributed by atoms with Crippen LogP contribution in [0.2, 0.25) is 0 Å². The summed E-state index contributed by atoms with van der Waals surface area (Å²) in [5, 5.41) is 20.2. The first-order chi connectivity index (χ1) is 17.7. The molecule has 7 nitrogen and oxygen atoms in total. The van der Waals surface area contributed by atoms with Gasteiger partial charge in [0.25, 0.3) is 11.8 Å². The van der Waals surface area contributed by atoms with Gasteiger partial charge in [-0.25, -0.2) is 14.9 Å². The van der Waals surface area contributed by atoms with E-state index in [9.17, 15) is 20.1 Å². The summed E-state index contributed by atoms with van der Waals surface area (Å²) in [6.07, 6.45) is 0.827. The Morgan fingerprint density at radius 2 is 1.22 bits per heavy atom. The second-order valence-electron chi connectivity index (χ2n) is 8.57. The summed E-state index contributed by atoms with van der Waals surface area (Å²) in [5.41, 5.74) is 5.08. The molecule has 2 amide bonds. The smallest absolute Gasteiger partial charge is 0.268 e. The molecule has 0 spiro atoms. The zero-order valence-electron chi connectivity index (χ0n) is 21.0. The van der Waals surface area contributed by atoms with E-state index in [-0.39, 0.29) is 9.81 Å². The molecule has 0 saturated carbocycles. The van der Waals surface area contributed by atoms with E-state index in [2.05, 4.69) is 22.1 Å². The lowest BCUT2D eigenvalue weighted by Gasteiger charge is -2.15. The first-order valence-corrected chi connectivity index (χ1v) is 13.2. The maximum Gasteiger partial charge on any atom is 0.273 e. The lowest BCUT2D eigenvalue weighted by molar-refractivity contribution is -0.120. The highest BCUT2D eigenvalue weighted by molar-refractivity contribution is 8.08. The molecule has 184 valence electrons. The van der Waals surface area contributed by atoms with Crippen LogP contribution in [-0.4, -0.2) is 21.8 Å². The predicted octanol–water partition coefficient (Wildman–Crippen LogP) is 5.69. The van der Waals surface area contributed by atoms with Crippen molar-refractivity contribution in [3.05, 3.63) is 85.4 Å². The van der Waals surface area contributed by atoms with Gasteiger partial charge in [0.1, 0.15) is 22.2 Å². The van der Waals surface area contributed by atoms with Crippen LogP contribution in [0.3, 0.4) is 0 Å². The van der Waals surface area contributed by atoms with Gasteiger partial charge in [-0.2, -0.15) is 10.5 Å². The van der Waals surface area contributed by atoms with Gasteiger partial charge >= 0.3 is 0 Å². The van der Waals surface area contributed by atoms with Crippen LogP contribution in [0, 0.1) is 50.4 Å².